The van der Waals surface area contributed by atoms with Crippen LogP contribution in [0.15, 0.2) is 58.6 Å². The summed E-state index contributed by atoms with van der Waals surface area (Å²) in [6.45, 7) is 2.27. The van der Waals surface area contributed by atoms with Crippen molar-refractivity contribution in [3.05, 3.63) is 79.4 Å². The summed E-state index contributed by atoms with van der Waals surface area (Å²) in [5.74, 6) is -0.174. The highest BCUT2D eigenvalue weighted by atomic mass is 35.5. The van der Waals surface area contributed by atoms with Crippen molar-refractivity contribution < 1.29 is 9.63 Å². The molecule has 1 amide bonds. The van der Waals surface area contributed by atoms with Gasteiger partial charge in [-0.25, -0.2) is 0 Å². The fourth-order valence-corrected chi connectivity index (χ4v) is 4.16. The van der Waals surface area contributed by atoms with Gasteiger partial charge in [0.1, 0.15) is 6.10 Å². The minimum Gasteiger partial charge on any atom is -0.390 e. The topological polar surface area (TPSA) is 83.6 Å². The molecule has 0 fully saturated rings. The lowest BCUT2D eigenvalue weighted by Gasteiger charge is -2.09. The van der Waals surface area contributed by atoms with E-state index in [0.717, 1.165) is 22.4 Å². The maximum atomic E-state index is 12.1. The van der Waals surface area contributed by atoms with Crippen molar-refractivity contribution in [2.24, 2.45) is 5.16 Å². The number of thiophene rings is 1. The Hall–Kier alpha value is -2.90. The van der Waals surface area contributed by atoms with Crippen molar-refractivity contribution in [3.63, 3.8) is 0 Å². The molecule has 4 rings (SSSR count). The Morgan fingerprint density at radius 1 is 1.24 bits per heavy atom. The number of aryl methyl sites for hydroxylation is 1. The number of H-pyrrole nitrogens is 1. The van der Waals surface area contributed by atoms with Crippen LogP contribution in [-0.2, 0) is 4.84 Å². The number of hydrogen-bond donors (Lipinski definition) is 2. The molecule has 0 saturated carbocycles. The minimum absolute atomic E-state index is 0.109. The van der Waals surface area contributed by atoms with Gasteiger partial charge in [0.25, 0.3) is 11.5 Å². The van der Waals surface area contributed by atoms with E-state index in [-0.39, 0.29) is 17.6 Å². The summed E-state index contributed by atoms with van der Waals surface area (Å²) in [6, 6.07) is 12.9. The second-order valence-corrected chi connectivity index (χ2v) is 8.44. The van der Waals surface area contributed by atoms with Crippen LogP contribution in [0.5, 0.6) is 0 Å². The number of halogens is 1. The average molecular weight is 428 g/mol. The van der Waals surface area contributed by atoms with Crippen molar-refractivity contribution in [2.75, 3.05) is 6.54 Å². The van der Waals surface area contributed by atoms with E-state index in [1.807, 2.05) is 37.3 Å². The first-order valence-corrected chi connectivity index (χ1v) is 10.3. The Morgan fingerprint density at radius 2 is 2.00 bits per heavy atom. The Morgan fingerprint density at radius 3 is 2.69 bits per heavy atom. The summed E-state index contributed by atoms with van der Waals surface area (Å²) in [7, 11) is 0. The van der Waals surface area contributed by atoms with Gasteiger partial charge in [-0.3, -0.25) is 9.59 Å². The van der Waals surface area contributed by atoms with E-state index >= 15 is 0 Å². The van der Waals surface area contributed by atoms with Crippen LogP contribution in [-0.4, -0.2) is 29.3 Å². The largest absolute Gasteiger partial charge is 0.390 e. The number of nitrogens with one attached hydrogen (secondary N) is 2. The molecule has 0 bridgehead atoms. The number of aromatic nitrogens is 1. The maximum Gasteiger partial charge on any atom is 0.261 e. The smallest absolute Gasteiger partial charge is 0.261 e. The molecule has 6 nitrogen and oxygen atoms in total. The van der Waals surface area contributed by atoms with Crippen LogP contribution in [0, 0.1) is 6.92 Å². The molecule has 29 heavy (non-hydrogen) atoms. The fourth-order valence-electron chi connectivity index (χ4n) is 3.20. The van der Waals surface area contributed by atoms with Crippen LogP contribution in [0.1, 0.15) is 27.2 Å². The standard InChI is InChI=1S/C21H18ClN3O3S/c1-12-8-9-23-21(27)19(12)14-4-2-13(3-5-14)16-10-15(28-25-16)11-24-20(26)17-6-7-18(22)29-17/h2-9,15H,10-11H2,1H3,(H,23,27)(H,24,26). The molecular weight excluding hydrogens is 410 g/mol. The molecule has 0 spiro atoms. The van der Waals surface area contributed by atoms with Crippen molar-refractivity contribution in [3.8, 4) is 11.1 Å². The van der Waals surface area contributed by atoms with E-state index in [1.165, 1.54) is 11.3 Å². The number of oxime groups is 1. The third-order valence-electron chi connectivity index (χ3n) is 4.70. The quantitative estimate of drug-likeness (QED) is 0.645. The molecule has 8 heteroatoms. The van der Waals surface area contributed by atoms with Crippen molar-refractivity contribution >= 4 is 34.6 Å². The molecule has 1 aliphatic rings. The summed E-state index contributed by atoms with van der Waals surface area (Å²) in [5.41, 5.74) is 4.07. The molecular formula is C21H18ClN3O3S. The Balaban J connectivity index is 1.38. The number of carbonyl (C=O) groups is 1. The molecule has 0 radical (unpaired) electrons. The van der Waals surface area contributed by atoms with E-state index in [1.54, 1.807) is 18.3 Å². The van der Waals surface area contributed by atoms with Crippen molar-refractivity contribution in [1.29, 1.82) is 0 Å². The molecule has 148 valence electrons. The number of nitrogens with zero attached hydrogens (tertiary/aromatic N) is 1. The first kappa shape index (κ1) is 19.4. The Labute approximate surface area is 176 Å². The van der Waals surface area contributed by atoms with E-state index in [9.17, 15) is 9.59 Å². The predicted molar refractivity (Wildman–Crippen MR) is 115 cm³/mol. The minimum atomic E-state index is -0.219. The van der Waals surface area contributed by atoms with Crippen LogP contribution < -0.4 is 10.9 Å². The molecule has 1 unspecified atom stereocenters. The van der Waals surface area contributed by atoms with E-state index in [2.05, 4.69) is 15.5 Å². The number of pyridine rings is 1. The summed E-state index contributed by atoms with van der Waals surface area (Å²) < 4.78 is 0.578. The number of rotatable bonds is 5. The molecule has 0 saturated heterocycles. The molecule has 1 atom stereocenters. The van der Waals surface area contributed by atoms with Gasteiger partial charge in [-0.1, -0.05) is 41.0 Å². The number of amides is 1. The predicted octanol–water partition coefficient (Wildman–Crippen LogP) is 3.99. The van der Waals surface area contributed by atoms with Crippen molar-refractivity contribution in [2.45, 2.75) is 19.4 Å². The SMILES string of the molecule is Cc1cc[nH]c(=O)c1-c1ccc(C2=NOC(CNC(=O)c3ccc(Cl)s3)C2)cc1. The van der Waals surface area contributed by atoms with E-state index in [4.69, 9.17) is 16.4 Å². The van der Waals surface area contributed by atoms with Crippen LogP contribution >= 0.6 is 22.9 Å². The van der Waals surface area contributed by atoms with Gasteiger partial charge < -0.3 is 15.1 Å². The van der Waals surface area contributed by atoms with Gasteiger partial charge in [0.2, 0.25) is 0 Å². The Kier molecular flexibility index (Phi) is 5.51. The van der Waals surface area contributed by atoms with Gasteiger partial charge >= 0.3 is 0 Å². The number of hydrogen-bond acceptors (Lipinski definition) is 5. The van der Waals surface area contributed by atoms with E-state index in [0.29, 0.717) is 27.7 Å². The van der Waals surface area contributed by atoms with Crippen LogP contribution in [0.2, 0.25) is 4.34 Å². The molecule has 2 aromatic heterocycles. The zero-order valence-electron chi connectivity index (χ0n) is 15.6. The van der Waals surface area contributed by atoms with E-state index < -0.39 is 0 Å². The molecule has 3 heterocycles. The van der Waals surface area contributed by atoms with Crippen LogP contribution in [0.3, 0.4) is 0 Å². The number of aromatic amines is 1. The fraction of sp³-hybridized carbons (Fsp3) is 0.190. The lowest BCUT2D eigenvalue weighted by atomic mass is 9.98. The normalized spacial score (nSPS) is 15.7. The highest BCUT2D eigenvalue weighted by molar-refractivity contribution is 7.18. The maximum absolute atomic E-state index is 12.1. The van der Waals surface area contributed by atoms with Gasteiger partial charge in [0.05, 0.1) is 21.5 Å². The highest BCUT2D eigenvalue weighted by Gasteiger charge is 2.23. The average Bonchev–Trinajstić information content (AvgIpc) is 3.36. The summed E-state index contributed by atoms with van der Waals surface area (Å²) >= 11 is 7.10. The molecule has 3 aromatic rings. The van der Waals surface area contributed by atoms with Gasteiger partial charge in [-0.2, -0.15) is 0 Å². The van der Waals surface area contributed by atoms with Gasteiger partial charge in [-0.15, -0.1) is 11.3 Å². The monoisotopic (exact) mass is 427 g/mol. The zero-order chi connectivity index (χ0) is 20.4. The number of benzene rings is 1. The van der Waals surface area contributed by atoms with Crippen LogP contribution in [0.25, 0.3) is 11.1 Å². The second kappa shape index (κ2) is 8.23. The highest BCUT2D eigenvalue weighted by Crippen LogP contribution is 2.23. The first-order valence-electron chi connectivity index (χ1n) is 9.06. The zero-order valence-corrected chi connectivity index (χ0v) is 17.1. The van der Waals surface area contributed by atoms with Crippen LogP contribution in [0.4, 0.5) is 0 Å². The third kappa shape index (κ3) is 4.26. The summed E-state index contributed by atoms with van der Waals surface area (Å²) in [6.07, 6.45) is 2.02. The third-order valence-corrected chi connectivity index (χ3v) is 5.93. The Bertz CT molecular complexity index is 1130. The second-order valence-electron chi connectivity index (χ2n) is 6.73. The lowest BCUT2D eigenvalue weighted by Crippen LogP contribution is -2.31. The summed E-state index contributed by atoms with van der Waals surface area (Å²) in [5, 5.41) is 7.00. The van der Waals surface area contributed by atoms with Crippen molar-refractivity contribution in [1.82, 2.24) is 10.3 Å². The van der Waals surface area contributed by atoms with Gasteiger partial charge in [0, 0.05) is 18.2 Å². The molecule has 0 aliphatic carbocycles. The molecule has 1 aliphatic heterocycles. The summed E-state index contributed by atoms with van der Waals surface area (Å²) in [4.78, 5) is 33.0. The molecule has 2 N–H and O–H groups in total. The lowest BCUT2D eigenvalue weighted by molar-refractivity contribution is 0.0755. The first-order chi connectivity index (χ1) is 14.0. The van der Waals surface area contributed by atoms with Gasteiger partial charge in [0.15, 0.2) is 0 Å². The molecule has 1 aromatic carbocycles. The number of carbonyl (C=O) groups excluding carboxylic acids is 1. The van der Waals surface area contributed by atoms with Gasteiger partial charge in [-0.05, 0) is 41.8 Å².